The molecule has 0 heterocycles. The first-order valence-corrected chi connectivity index (χ1v) is 8.18. The second-order valence-corrected chi connectivity index (χ2v) is 7.29. The van der Waals surface area contributed by atoms with Crippen molar-refractivity contribution < 1.29 is 23.1 Å². The van der Waals surface area contributed by atoms with E-state index in [-0.39, 0.29) is 16.2 Å². The van der Waals surface area contributed by atoms with Crippen LogP contribution in [0.5, 0.6) is 5.75 Å². The number of carboxylic acids is 1. The van der Waals surface area contributed by atoms with Crippen LogP contribution in [0.25, 0.3) is 0 Å². The molecule has 21 heavy (non-hydrogen) atoms. The molecular weight excluding hydrogens is 294 g/mol. The molecule has 0 amide bonds. The van der Waals surface area contributed by atoms with Gasteiger partial charge in [0.2, 0.25) is 10.0 Å². The molecule has 1 N–H and O–H groups in total. The molecule has 2 rings (SSSR count). The molecule has 0 radical (unpaired) electrons. The summed E-state index contributed by atoms with van der Waals surface area (Å²) in [6.45, 7) is 0.469. The van der Waals surface area contributed by atoms with Crippen LogP contribution in [0.1, 0.15) is 29.6 Å². The van der Waals surface area contributed by atoms with E-state index in [2.05, 4.69) is 0 Å². The quantitative estimate of drug-likeness (QED) is 0.866. The molecule has 0 aromatic heterocycles. The van der Waals surface area contributed by atoms with Crippen molar-refractivity contribution in [3.63, 3.8) is 0 Å². The number of rotatable bonds is 6. The summed E-state index contributed by atoms with van der Waals surface area (Å²) in [6.07, 6.45) is 3.23. The van der Waals surface area contributed by atoms with Crippen LogP contribution in [0.2, 0.25) is 0 Å². The number of aromatic carboxylic acids is 1. The van der Waals surface area contributed by atoms with Crippen molar-refractivity contribution in [2.45, 2.75) is 24.2 Å². The fourth-order valence-electron chi connectivity index (χ4n) is 2.33. The highest BCUT2D eigenvalue weighted by Gasteiger charge is 2.28. The molecule has 1 saturated carbocycles. The second-order valence-electron chi connectivity index (χ2n) is 5.25. The van der Waals surface area contributed by atoms with Crippen LogP contribution in [-0.2, 0) is 10.0 Å². The molecule has 1 aliphatic rings. The van der Waals surface area contributed by atoms with Gasteiger partial charge in [-0.15, -0.1) is 0 Å². The second kappa shape index (κ2) is 6.03. The molecule has 0 bridgehead atoms. The van der Waals surface area contributed by atoms with Crippen molar-refractivity contribution in [3.05, 3.63) is 23.8 Å². The molecule has 7 heteroatoms. The van der Waals surface area contributed by atoms with E-state index in [9.17, 15) is 13.2 Å². The largest absolute Gasteiger partial charge is 0.496 e. The fourth-order valence-corrected chi connectivity index (χ4v) is 3.61. The van der Waals surface area contributed by atoms with E-state index in [4.69, 9.17) is 9.84 Å². The van der Waals surface area contributed by atoms with Crippen molar-refractivity contribution in [1.29, 1.82) is 0 Å². The highest BCUT2D eigenvalue weighted by molar-refractivity contribution is 7.89. The third-order valence-electron chi connectivity index (χ3n) is 3.85. The summed E-state index contributed by atoms with van der Waals surface area (Å²) < 4.78 is 31.2. The molecule has 0 saturated heterocycles. The third kappa shape index (κ3) is 3.19. The van der Waals surface area contributed by atoms with Crippen molar-refractivity contribution in [2.75, 3.05) is 20.7 Å². The Morgan fingerprint density at radius 3 is 2.57 bits per heavy atom. The molecule has 0 atom stereocenters. The lowest BCUT2D eigenvalue weighted by atomic mass is 9.86. The lowest BCUT2D eigenvalue weighted by molar-refractivity contribution is 0.0693. The average molecular weight is 313 g/mol. The van der Waals surface area contributed by atoms with E-state index >= 15 is 0 Å². The molecule has 0 aliphatic heterocycles. The summed E-state index contributed by atoms with van der Waals surface area (Å²) in [5, 5.41) is 9.13. The Bertz CT molecular complexity index is 637. The number of methoxy groups -OCH3 is 1. The van der Waals surface area contributed by atoms with Crippen LogP contribution < -0.4 is 4.74 Å². The van der Waals surface area contributed by atoms with Crippen molar-refractivity contribution in [3.8, 4) is 5.75 Å². The number of ether oxygens (including phenoxy) is 1. The first kappa shape index (κ1) is 15.8. The summed E-state index contributed by atoms with van der Waals surface area (Å²) in [5.41, 5.74) is -0.157. The van der Waals surface area contributed by atoms with Gasteiger partial charge in [0, 0.05) is 13.6 Å². The number of hydrogen-bond acceptors (Lipinski definition) is 4. The van der Waals surface area contributed by atoms with Crippen LogP contribution in [0.4, 0.5) is 0 Å². The Morgan fingerprint density at radius 2 is 2.10 bits per heavy atom. The zero-order valence-electron chi connectivity index (χ0n) is 12.1. The number of benzene rings is 1. The number of sulfonamides is 1. The van der Waals surface area contributed by atoms with Gasteiger partial charge in [-0.2, -0.15) is 0 Å². The monoisotopic (exact) mass is 313 g/mol. The molecule has 0 spiro atoms. The van der Waals surface area contributed by atoms with E-state index in [0.29, 0.717) is 12.5 Å². The smallest absolute Gasteiger partial charge is 0.339 e. The van der Waals surface area contributed by atoms with Gasteiger partial charge >= 0.3 is 5.97 Å². The molecule has 0 unspecified atom stereocenters. The summed E-state index contributed by atoms with van der Waals surface area (Å²) >= 11 is 0. The van der Waals surface area contributed by atoms with Gasteiger partial charge in [-0.1, -0.05) is 6.42 Å². The molecule has 1 aromatic carbocycles. The maximum absolute atomic E-state index is 12.5. The lowest BCUT2D eigenvalue weighted by Crippen LogP contribution is -2.34. The molecule has 116 valence electrons. The SMILES string of the molecule is COc1ccc(S(=O)(=O)N(C)CC2CCC2)cc1C(=O)O. The minimum absolute atomic E-state index is 0.0254. The highest BCUT2D eigenvalue weighted by atomic mass is 32.2. The summed E-state index contributed by atoms with van der Waals surface area (Å²) in [7, 11) is -0.805. The van der Waals surface area contributed by atoms with E-state index in [1.807, 2.05) is 0 Å². The predicted octanol–water partition coefficient (Wildman–Crippen LogP) is 1.81. The normalized spacial score (nSPS) is 15.8. The average Bonchev–Trinajstić information content (AvgIpc) is 2.41. The van der Waals surface area contributed by atoms with Crippen LogP contribution >= 0.6 is 0 Å². The van der Waals surface area contributed by atoms with E-state index < -0.39 is 16.0 Å². The lowest BCUT2D eigenvalue weighted by Gasteiger charge is -2.29. The number of carboxylic acid groups (broad SMARTS) is 1. The number of nitrogens with zero attached hydrogens (tertiary/aromatic N) is 1. The minimum atomic E-state index is -3.68. The van der Waals surface area contributed by atoms with Gasteiger partial charge in [-0.05, 0) is 37.0 Å². The maximum Gasteiger partial charge on any atom is 0.339 e. The molecule has 1 aliphatic carbocycles. The Kier molecular flexibility index (Phi) is 4.53. The first-order chi connectivity index (χ1) is 9.86. The molecule has 6 nitrogen and oxygen atoms in total. The van der Waals surface area contributed by atoms with Gasteiger partial charge in [0.15, 0.2) is 0 Å². The molecule has 1 fully saturated rings. The highest BCUT2D eigenvalue weighted by Crippen LogP contribution is 2.29. The van der Waals surface area contributed by atoms with Crippen molar-refractivity contribution >= 4 is 16.0 Å². The Hall–Kier alpha value is -1.60. The van der Waals surface area contributed by atoms with Crippen LogP contribution in [0.3, 0.4) is 0 Å². The standard InChI is InChI=1S/C14H19NO5S/c1-15(9-10-4-3-5-10)21(18,19)11-6-7-13(20-2)12(8-11)14(16)17/h6-8,10H,3-5,9H2,1-2H3,(H,16,17). The van der Waals surface area contributed by atoms with Gasteiger partial charge in [-0.25, -0.2) is 17.5 Å². The summed E-state index contributed by atoms with van der Waals surface area (Å²) in [6, 6.07) is 3.89. The maximum atomic E-state index is 12.5. The van der Waals surface area contributed by atoms with E-state index in [1.165, 1.54) is 30.6 Å². The topological polar surface area (TPSA) is 83.9 Å². The number of carbonyl (C=O) groups is 1. The van der Waals surface area contributed by atoms with Gasteiger partial charge in [-0.3, -0.25) is 0 Å². The van der Waals surface area contributed by atoms with Crippen molar-refractivity contribution in [2.24, 2.45) is 5.92 Å². The summed E-state index contributed by atoms with van der Waals surface area (Å²) in [4.78, 5) is 11.1. The third-order valence-corrected chi connectivity index (χ3v) is 5.67. The first-order valence-electron chi connectivity index (χ1n) is 6.74. The van der Waals surface area contributed by atoms with E-state index in [0.717, 1.165) is 25.3 Å². The van der Waals surface area contributed by atoms with Gasteiger partial charge < -0.3 is 9.84 Å². The number of hydrogen-bond donors (Lipinski definition) is 1. The van der Waals surface area contributed by atoms with Crippen LogP contribution in [0, 0.1) is 5.92 Å². The zero-order chi connectivity index (χ0) is 15.6. The van der Waals surface area contributed by atoms with Crippen LogP contribution in [-0.4, -0.2) is 44.5 Å². The van der Waals surface area contributed by atoms with Crippen molar-refractivity contribution in [1.82, 2.24) is 4.31 Å². The zero-order valence-corrected chi connectivity index (χ0v) is 12.9. The Morgan fingerprint density at radius 1 is 1.43 bits per heavy atom. The molecule has 1 aromatic rings. The predicted molar refractivity (Wildman–Crippen MR) is 77.1 cm³/mol. The molecular formula is C14H19NO5S. The Balaban J connectivity index is 2.30. The van der Waals surface area contributed by atoms with E-state index in [1.54, 1.807) is 0 Å². The fraction of sp³-hybridized carbons (Fsp3) is 0.500. The van der Waals surface area contributed by atoms with Crippen LogP contribution in [0.15, 0.2) is 23.1 Å². The Labute approximate surface area is 124 Å². The summed E-state index contributed by atoms with van der Waals surface area (Å²) in [5.74, 6) is -0.671. The van der Waals surface area contributed by atoms with Gasteiger partial charge in [0.1, 0.15) is 11.3 Å². The van der Waals surface area contributed by atoms with Gasteiger partial charge in [0.05, 0.1) is 12.0 Å². The van der Waals surface area contributed by atoms with Gasteiger partial charge in [0.25, 0.3) is 0 Å². The minimum Gasteiger partial charge on any atom is -0.496 e.